The summed E-state index contributed by atoms with van der Waals surface area (Å²) in [6, 6.07) is 0. The number of hydrogen-bond donors (Lipinski definition) is 1. The standard InChI is InChI=1S/C24H33NO/c1-2-23-10-8-19-18-7-5-17(25)14-16(18)4-6-20(19)21(23)15-22(11-12-22)24(23)9-3-13-26-24/h3,9,14,18-21,25H,2,4-8,10-13,15H2,1H3/p+1. The van der Waals surface area contributed by atoms with Crippen LogP contribution in [-0.2, 0) is 4.74 Å². The summed E-state index contributed by atoms with van der Waals surface area (Å²) in [7, 11) is 0. The molecular formula is C24H34NO+. The van der Waals surface area contributed by atoms with Gasteiger partial charge in [0.25, 0.3) is 0 Å². The van der Waals surface area contributed by atoms with E-state index in [9.17, 15) is 0 Å². The van der Waals surface area contributed by atoms with E-state index >= 15 is 0 Å². The van der Waals surface area contributed by atoms with Crippen LogP contribution in [0.4, 0.5) is 0 Å². The SMILES string of the molecule is CCC12CCC3C4CCC(=[NH2+])C=C4CCC3C1CC1(CC1)C21C=CCO1. The first-order valence-corrected chi connectivity index (χ1v) is 11.3. The Bertz CT molecular complexity index is 716. The van der Waals surface area contributed by atoms with E-state index in [-0.39, 0.29) is 5.60 Å². The smallest absolute Gasteiger partial charge is 0.172 e. The highest BCUT2D eigenvalue weighted by molar-refractivity contribution is 5.91. The summed E-state index contributed by atoms with van der Waals surface area (Å²) in [5.41, 5.74) is 3.83. The summed E-state index contributed by atoms with van der Waals surface area (Å²) in [5, 5.41) is 6.18. The van der Waals surface area contributed by atoms with Gasteiger partial charge in [-0.2, -0.15) is 0 Å². The fourth-order valence-corrected chi connectivity index (χ4v) is 8.87. The molecule has 6 aliphatic rings. The van der Waals surface area contributed by atoms with E-state index in [1.807, 2.05) is 0 Å². The van der Waals surface area contributed by atoms with Crippen molar-refractivity contribution < 1.29 is 10.1 Å². The number of rotatable bonds is 1. The molecule has 4 fully saturated rings. The Balaban J connectivity index is 1.41. The molecule has 26 heavy (non-hydrogen) atoms. The predicted molar refractivity (Wildman–Crippen MR) is 104 cm³/mol. The molecule has 4 saturated carbocycles. The molecule has 1 heterocycles. The Morgan fingerprint density at radius 2 is 2.00 bits per heavy atom. The average Bonchev–Trinajstić information content (AvgIpc) is 3.19. The molecule has 6 unspecified atom stereocenters. The lowest BCUT2D eigenvalue weighted by Crippen LogP contribution is -2.55. The average molecular weight is 353 g/mol. The summed E-state index contributed by atoms with van der Waals surface area (Å²) in [6.07, 6.45) is 20.8. The summed E-state index contributed by atoms with van der Waals surface area (Å²) >= 11 is 0. The van der Waals surface area contributed by atoms with Crippen LogP contribution in [0.2, 0.25) is 0 Å². The molecule has 6 rings (SSSR count). The molecule has 140 valence electrons. The number of nitrogens with two attached hydrogens (primary N) is 1. The van der Waals surface area contributed by atoms with Crippen LogP contribution in [0.5, 0.6) is 0 Å². The topological polar surface area (TPSA) is 34.8 Å². The van der Waals surface area contributed by atoms with Crippen molar-refractivity contribution in [3.8, 4) is 0 Å². The van der Waals surface area contributed by atoms with Crippen molar-refractivity contribution in [2.24, 2.45) is 34.5 Å². The van der Waals surface area contributed by atoms with Crippen LogP contribution in [0.25, 0.3) is 0 Å². The van der Waals surface area contributed by atoms with Crippen LogP contribution in [-0.4, -0.2) is 17.9 Å². The van der Waals surface area contributed by atoms with Gasteiger partial charge in [-0.1, -0.05) is 24.6 Å². The minimum absolute atomic E-state index is 0.0886. The normalized spacial score (nSPS) is 50.5. The summed E-state index contributed by atoms with van der Waals surface area (Å²) in [6.45, 7) is 3.32. The van der Waals surface area contributed by atoms with E-state index in [1.54, 1.807) is 5.57 Å². The molecule has 2 nitrogen and oxygen atoms in total. The van der Waals surface area contributed by atoms with E-state index in [0.717, 1.165) is 42.4 Å². The number of fused-ring (bicyclic) bond motifs is 7. The minimum Gasteiger partial charge on any atom is -0.366 e. The van der Waals surface area contributed by atoms with Crippen LogP contribution >= 0.6 is 0 Å². The molecule has 2 spiro atoms. The molecule has 5 aliphatic carbocycles. The second-order valence-corrected chi connectivity index (χ2v) is 10.4. The molecule has 0 radical (unpaired) electrons. The number of ether oxygens (including phenoxy) is 1. The third-order valence-corrected chi connectivity index (χ3v) is 9.96. The second kappa shape index (κ2) is 5.13. The first-order valence-electron chi connectivity index (χ1n) is 11.3. The molecule has 0 aromatic rings. The van der Waals surface area contributed by atoms with Crippen molar-refractivity contribution in [2.45, 2.75) is 76.7 Å². The highest BCUT2D eigenvalue weighted by atomic mass is 16.5. The zero-order chi connectivity index (χ0) is 17.6. The van der Waals surface area contributed by atoms with Gasteiger partial charge in [0.05, 0.1) is 12.2 Å². The van der Waals surface area contributed by atoms with Gasteiger partial charge in [-0.15, -0.1) is 0 Å². The van der Waals surface area contributed by atoms with E-state index < -0.39 is 0 Å². The van der Waals surface area contributed by atoms with Gasteiger partial charge in [0, 0.05) is 23.3 Å². The summed E-state index contributed by atoms with van der Waals surface area (Å²) in [4.78, 5) is 0. The van der Waals surface area contributed by atoms with Gasteiger partial charge in [-0.05, 0) is 81.5 Å². The first-order chi connectivity index (χ1) is 12.6. The molecule has 2 heteroatoms. The molecule has 0 saturated heterocycles. The van der Waals surface area contributed by atoms with Gasteiger partial charge < -0.3 is 4.74 Å². The molecule has 6 atom stereocenters. The third kappa shape index (κ3) is 1.72. The second-order valence-electron chi connectivity index (χ2n) is 10.4. The summed E-state index contributed by atoms with van der Waals surface area (Å²) < 4.78 is 6.70. The molecule has 0 bridgehead atoms. The molecule has 0 aromatic carbocycles. The lowest BCUT2D eigenvalue weighted by Gasteiger charge is -2.57. The summed E-state index contributed by atoms with van der Waals surface area (Å²) in [5.74, 6) is 3.58. The van der Waals surface area contributed by atoms with Gasteiger partial charge in [0.1, 0.15) is 0 Å². The van der Waals surface area contributed by atoms with Crippen LogP contribution in [0.15, 0.2) is 23.8 Å². The van der Waals surface area contributed by atoms with E-state index in [4.69, 9.17) is 10.1 Å². The van der Waals surface area contributed by atoms with Crippen molar-refractivity contribution in [1.82, 2.24) is 0 Å². The fourth-order valence-electron chi connectivity index (χ4n) is 8.87. The molecular weight excluding hydrogens is 318 g/mol. The zero-order valence-corrected chi connectivity index (χ0v) is 16.3. The number of allylic oxidation sites excluding steroid dienone is 2. The van der Waals surface area contributed by atoms with Gasteiger partial charge in [0.15, 0.2) is 5.71 Å². The number of hydrogen-bond acceptors (Lipinski definition) is 1. The Morgan fingerprint density at radius 1 is 1.12 bits per heavy atom. The van der Waals surface area contributed by atoms with Crippen LogP contribution in [0.1, 0.15) is 71.1 Å². The van der Waals surface area contributed by atoms with E-state index in [1.165, 1.54) is 57.8 Å². The van der Waals surface area contributed by atoms with Crippen molar-refractivity contribution in [1.29, 1.82) is 0 Å². The lowest BCUT2D eigenvalue weighted by molar-refractivity contribution is -0.140. The van der Waals surface area contributed by atoms with Gasteiger partial charge in [-0.3, -0.25) is 5.41 Å². The highest BCUT2D eigenvalue weighted by Gasteiger charge is 2.77. The minimum atomic E-state index is 0.0886. The van der Waals surface area contributed by atoms with Crippen molar-refractivity contribution in [3.05, 3.63) is 23.8 Å². The van der Waals surface area contributed by atoms with Crippen molar-refractivity contribution in [2.75, 3.05) is 6.61 Å². The van der Waals surface area contributed by atoms with E-state index in [0.29, 0.717) is 10.8 Å². The fraction of sp³-hybridized carbons (Fsp3) is 0.792. The van der Waals surface area contributed by atoms with Gasteiger partial charge >= 0.3 is 0 Å². The lowest BCUT2D eigenvalue weighted by atomic mass is 9.49. The van der Waals surface area contributed by atoms with Crippen LogP contribution < -0.4 is 5.41 Å². The predicted octanol–water partition coefficient (Wildman–Crippen LogP) is 3.86. The van der Waals surface area contributed by atoms with Crippen LogP contribution in [0, 0.1) is 34.5 Å². The highest BCUT2D eigenvalue weighted by Crippen LogP contribution is 2.79. The monoisotopic (exact) mass is 352 g/mol. The zero-order valence-electron chi connectivity index (χ0n) is 16.3. The quantitative estimate of drug-likeness (QED) is 0.715. The molecule has 0 aromatic heterocycles. The van der Waals surface area contributed by atoms with Crippen molar-refractivity contribution >= 4 is 5.71 Å². The molecule has 0 amide bonds. The third-order valence-electron chi connectivity index (χ3n) is 9.96. The Labute approximate surface area is 158 Å². The molecule has 2 N–H and O–H groups in total. The maximum atomic E-state index is 6.70. The van der Waals surface area contributed by atoms with E-state index in [2.05, 4.69) is 25.2 Å². The van der Waals surface area contributed by atoms with Crippen molar-refractivity contribution in [3.63, 3.8) is 0 Å². The van der Waals surface area contributed by atoms with Gasteiger partial charge in [0.2, 0.25) is 0 Å². The van der Waals surface area contributed by atoms with Crippen LogP contribution in [0.3, 0.4) is 0 Å². The Morgan fingerprint density at radius 3 is 2.73 bits per heavy atom. The first kappa shape index (κ1) is 16.1. The Kier molecular flexibility index (Phi) is 3.18. The largest absolute Gasteiger partial charge is 0.366 e. The van der Waals surface area contributed by atoms with Gasteiger partial charge in [-0.25, -0.2) is 0 Å². The maximum absolute atomic E-state index is 6.70. The molecule has 1 aliphatic heterocycles. The maximum Gasteiger partial charge on any atom is 0.172 e. The Hall–Kier alpha value is -0.890.